The highest BCUT2D eigenvalue weighted by Crippen LogP contribution is 2.11. The van der Waals surface area contributed by atoms with Gasteiger partial charge in [0.25, 0.3) is 0 Å². The van der Waals surface area contributed by atoms with Crippen molar-refractivity contribution in [2.45, 2.75) is 168 Å². The second kappa shape index (κ2) is 41.1. The Balaban J connectivity index is 4.61. The van der Waals surface area contributed by atoms with Crippen LogP contribution in [0.2, 0.25) is 0 Å². The van der Waals surface area contributed by atoms with Crippen molar-refractivity contribution in [1.82, 2.24) is 0 Å². The van der Waals surface area contributed by atoms with Gasteiger partial charge in [-0.1, -0.05) is 169 Å². The molecule has 0 saturated carbocycles. The summed E-state index contributed by atoms with van der Waals surface area (Å²) in [6.07, 6.45) is 52.8. The Labute approximate surface area is 324 Å². The van der Waals surface area contributed by atoms with Crippen molar-refractivity contribution < 1.29 is 28.6 Å². The number of carbonyl (C=O) groups is 3. The predicted octanol–water partition coefficient (Wildman–Crippen LogP) is 13.1. The molecule has 0 aliphatic heterocycles. The van der Waals surface area contributed by atoms with E-state index in [2.05, 4.69) is 93.7 Å². The molecule has 0 rings (SSSR count). The van der Waals surface area contributed by atoms with Crippen LogP contribution in [0, 0.1) is 0 Å². The maximum Gasteiger partial charge on any atom is 0.306 e. The molecular weight excluding hydrogens is 661 g/mol. The van der Waals surface area contributed by atoms with E-state index in [1.165, 1.54) is 38.5 Å². The number of hydrogen-bond donors (Lipinski definition) is 0. The summed E-state index contributed by atoms with van der Waals surface area (Å²) >= 11 is 0. The third-order valence-electron chi connectivity index (χ3n) is 8.11. The highest BCUT2D eigenvalue weighted by Gasteiger charge is 2.19. The fraction of sp³-hybridized carbons (Fsp3) is 0.596. The second-order valence-corrected chi connectivity index (χ2v) is 13.1. The molecule has 0 aliphatic rings. The molecular formula is C47H74O6. The molecule has 298 valence electrons. The summed E-state index contributed by atoms with van der Waals surface area (Å²) in [7, 11) is 0. The lowest BCUT2D eigenvalue weighted by molar-refractivity contribution is -0.166. The van der Waals surface area contributed by atoms with E-state index in [9.17, 15) is 14.4 Å². The Kier molecular flexibility index (Phi) is 38.2. The van der Waals surface area contributed by atoms with Gasteiger partial charge < -0.3 is 14.2 Å². The van der Waals surface area contributed by atoms with Gasteiger partial charge in [-0.25, -0.2) is 0 Å². The molecule has 1 atom stereocenters. The van der Waals surface area contributed by atoms with Crippen molar-refractivity contribution in [1.29, 1.82) is 0 Å². The first-order chi connectivity index (χ1) is 26.0. The van der Waals surface area contributed by atoms with Crippen LogP contribution in [0.3, 0.4) is 0 Å². The molecule has 0 aliphatic carbocycles. The lowest BCUT2D eigenvalue weighted by Gasteiger charge is -2.18. The number of carbonyl (C=O) groups excluding carboxylic acids is 3. The van der Waals surface area contributed by atoms with Gasteiger partial charge in [0.1, 0.15) is 13.2 Å². The predicted molar refractivity (Wildman–Crippen MR) is 224 cm³/mol. The topological polar surface area (TPSA) is 78.9 Å². The molecule has 0 aromatic heterocycles. The van der Waals surface area contributed by atoms with Crippen LogP contribution in [0.15, 0.2) is 97.2 Å². The van der Waals surface area contributed by atoms with E-state index in [1.54, 1.807) is 0 Å². The average Bonchev–Trinajstić information content (AvgIpc) is 3.15. The van der Waals surface area contributed by atoms with Gasteiger partial charge in [-0.2, -0.15) is 0 Å². The first-order valence-corrected chi connectivity index (χ1v) is 20.7. The molecule has 0 aromatic carbocycles. The zero-order valence-corrected chi connectivity index (χ0v) is 33.7. The lowest BCUT2D eigenvalue weighted by atomic mass is 10.1. The van der Waals surface area contributed by atoms with Gasteiger partial charge in [0.2, 0.25) is 0 Å². The summed E-state index contributed by atoms with van der Waals surface area (Å²) in [5.74, 6) is -1.11. The van der Waals surface area contributed by atoms with Crippen molar-refractivity contribution in [3.63, 3.8) is 0 Å². The van der Waals surface area contributed by atoms with Gasteiger partial charge in [0, 0.05) is 19.3 Å². The van der Waals surface area contributed by atoms with Gasteiger partial charge in [-0.3, -0.25) is 14.4 Å². The van der Waals surface area contributed by atoms with Crippen molar-refractivity contribution in [2.24, 2.45) is 0 Å². The van der Waals surface area contributed by atoms with Crippen LogP contribution in [0.4, 0.5) is 0 Å². The normalized spacial score (nSPS) is 13.0. The molecule has 0 saturated heterocycles. The summed E-state index contributed by atoms with van der Waals surface area (Å²) in [6, 6.07) is 0. The monoisotopic (exact) mass is 735 g/mol. The molecule has 0 heterocycles. The zero-order chi connectivity index (χ0) is 38.7. The molecule has 6 nitrogen and oxygen atoms in total. The molecule has 0 fully saturated rings. The number of esters is 3. The number of hydrogen-bond acceptors (Lipinski definition) is 6. The van der Waals surface area contributed by atoms with E-state index in [4.69, 9.17) is 14.2 Å². The van der Waals surface area contributed by atoms with Crippen LogP contribution >= 0.6 is 0 Å². The Hall–Kier alpha value is -3.67. The average molecular weight is 735 g/mol. The standard InChI is InChI=1S/C47H74O6/c1-4-7-10-13-16-19-21-23-25-28-31-34-37-40-46(49)52-43-44(42-51-45(48)39-36-33-30-27-18-15-12-9-6-3)53-47(50)41-38-35-32-29-26-24-22-20-17-14-11-8-5-2/h7-8,10-11,16-17,19-20,23-26,31-32,34-35,44H,4-6,9,12-15,18,21-22,27-30,33,36-43H2,1-3H3/b10-7-,11-8-,19-16-,20-17-,25-23-,26-24-,34-31-,35-32-. The van der Waals surface area contributed by atoms with Crippen molar-refractivity contribution in [3.8, 4) is 0 Å². The van der Waals surface area contributed by atoms with Crippen LogP contribution in [0.25, 0.3) is 0 Å². The Morgan fingerprint density at radius 1 is 0.396 bits per heavy atom. The van der Waals surface area contributed by atoms with E-state index < -0.39 is 12.1 Å². The maximum absolute atomic E-state index is 12.6. The van der Waals surface area contributed by atoms with Crippen molar-refractivity contribution in [2.75, 3.05) is 13.2 Å². The zero-order valence-electron chi connectivity index (χ0n) is 33.7. The minimum absolute atomic E-state index is 0.129. The molecule has 0 bridgehead atoms. The molecule has 53 heavy (non-hydrogen) atoms. The molecule has 0 spiro atoms. The Morgan fingerprint density at radius 3 is 1.15 bits per heavy atom. The SMILES string of the molecule is CC/C=C\C/C=C\C/C=C\C/C=C\CCC(=O)OCC(COC(=O)CCCCCCCCCCC)OC(=O)CC/C=C\C/C=C\C/C=C\C/C=C\CC. The minimum atomic E-state index is -0.839. The second-order valence-electron chi connectivity index (χ2n) is 13.1. The van der Waals surface area contributed by atoms with Gasteiger partial charge in [-0.05, 0) is 70.6 Å². The van der Waals surface area contributed by atoms with Crippen LogP contribution in [0.5, 0.6) is 0 Å². The van der Waals surface area contributed by atoms with Crippen LogP contribution in [-0.2, 0) is 28.6 Å². The first kappa shape index (κ1) is 49.3. The minimum Gasteiger partial charge on any atom is -0.462 e. The number of unbranched alkanes of at least 4 members (excludes halogenated alkanes) is 8. The molecule has 1 unspecified atom stereocenters. The van der Waals surface area contributed by atoms with Crippen LogP contribution < -0.4 is 0 Å². The van der Waals surface area contributed by atoms with Gasteiger partial charge in [-0.15, -0.1) is 0 Å². The number of rotatable bonds is 35. The lowest BCUT2D eigenvalue weighted by Crippen LogP contribution is -2.30. The Bertz CT molecular complexity index is 1120. The fourth-order valence-electron chi connectivity index (χ4n) is 5.05. The summed E-state index contributed by atoms with van der Waals surface area (Å²) in [5, 5.41) is 0. The largest absolute Gasteiger partial charge is 0.462 e. The van der Waals surface area contributed by atoms with Gasteiger partial charge >= 0.3 is 17.9 Å². The van der Waals surface area contributed by atoms with Crippen molar-refractivity contribution in [3.05, 3.63) is 97.2 Å². The Morgan fingerprint density at radius 2 is 0.736 bits per heavy atom. The van der Waals surface area contributed by atoms with Crippen LogP contribution in [0.1, 0.15) is 162 Å². The molecule has 0 radical (unpaired) electrons. The molecule has 0 N–H and O–H groups in total. The summed E-state index contributed by atoms with van der Waals surface area (Å²) in [4.78, 5) is 37.5. The van der Waals surface area contributed by atoms with Crippen molar-refractivity contribution >= 4 is 17.9 Å². The van der Waals surface area contributed by atoms with Gasteiger partial charge in [0.15, 0.2) is 6.10 Å². The fourth-order valence-corrected chi connectivity index (χ4v) is 5.05. The molecule has 6 heteroatoms. The molecule has 0 aromatic rings. The summed E-state index contributed by atoms with van der Waals surface area (Å²) in [5.41, 5.74) is 0. The van der Waals surface area contributed by atoms with E-state index in [0.29, 0.717) is 19.3 Å². The summed E-state index contributed by atoms with van der Waals surface area (Å²) in [6.45, 7) is 6.21. The smallest absolute Gasteiger partial charge is 0.306 e. The van der Waals surface area contributed by atoms with Gasteiger partial charge in [0.05, 0.1) is 0 Å². The summed E-state index contributed by atoms with van der Waals surface area (Å²) < 4.78 is 16.5. The third kappa shape index (κ3) is 39.4. The highest BCUT2D eigenvalue weighted by atomic mass is 16.6. The van der Waals surface area contributed by atoms with Crippen LogP contribution in [-0.4, -0.2) is 37.2 Å². The van der Waals surface area contributed by atoms with E-state index >= 15 is 0 Å². The van der Waals surface area contributed by atoms with E-state index in [1.807, 2.05) is 24.3 Å². The van der Waals surface area contributed by atoms with E-state index in [0.717, 1.165) is 70.6 Å². The third-order valence-corrected chi connectivity index (χ3v) is 8.11. The number of ether oxygens (including phenoxy) is 3. The molecule has 0 amide bonds. The maximum atomic E-state index is 12.6. The highest BCUT2D eigenvalue weighted by molar-refractivity contribution is 5.71. The first-order valence-electron chi connectivity index (χ1n) is 20.7. The van der Waals surface area contributed by atoms with E-state index in [-0.39, 0.29) is 38.0 Å². The number of allylic oxidation sites excluding steroid dienone is 16. The quantitative estimate of drug-likeness (QED) is 0.0279.